The molecule has 86 valence electrons. The Labute approximate surface area is 99.7 Å². The van der Waals surface area contributed by atoms with Gasteiger partial charge in [0.2, 0.25) is 0 Å². The van der Waals surface area contributed by atoms with E-state index in [9.17, 15) is 0 Å². The van der Waals surface area contributed by atoms with E-state index < -0.39 is 0 Å². The summed E-state index contributed by atoms with van der Waals surface area (Å²) in [5.41, 5.74) is 8.19. The number of benzene rings is 1. The van der Waals surface area contributed by atoms with Gasteiger partial charge in [0.1, 0.15) is 5.76 Å². The lowest BCUT2D eigenvalue weighted by Crippen LogP contribution is -2.00. The molecule has 17 heavy (non-hydrogen) atoms. The highest BCUT2D eigenvalue weighted by Gasteiger charge is 2.01. The summed E-state index contributed by atoms with van der Waals surface area (Å²) < 4.78 is 5.22. The third-order valence-corrected chi connectivity index (χ3v) is 2.46. The average molecular weight is 227 g/mol. The first-order valence-corrected chi connectivity index (χ1v) is 5.31. The maximum absolute atomic E-state index is 8.67. The van der Waals surface area contributed by atoms with E-state index in [1.165, 1.54) is 0 Å². The van der Waals surface area contributed by atoms with Crippen LogP contribution in [0.15, 0.2) is 41.0 Å². The zero-order chi connectivity index (χ0) is 12.1. The van der Waals surface area contributed by atoms with Crippen LogP contribution in [0.1, 0.15) is 11.3 Å². The lowest BCUT2D eigenvalue weighted by Gasteiger charge is -2.07. The molecule has 0 saturated carbocycles. The molecular formula is C13H13N3O. The molecule has 0 aliphatic carbocycles. The van der Waals surface area contributed by atoms with E-state index in [-0.39, 0.29) is 0 Å². The predicted molar refractivity (Wildman–Crippen MR) is 66.2 cm³/mol. The molecule has 0 aliphatic rings. The van der Waals surface area contributed by atoms with Crippen molar-refractivity contribution in [3.63, 3.8) is 0 Å². The summed E-state index contributed by atoms with van der Waals surface area (Å²) >= 11 is 0. The fraction of sp³-hybridized carbons (Fsp3) is 0.154. The molecule has 0 unspecified atom stereocenters. The van der Waals surface area contributed by atoms with E-state index in [1.54, 1.807) is 12.3 Å². The van der Waals surface area contributed by atoms with Gasteiger partial charge in [-0.1, -0.05) is 0 Å². The van der Waals surface area contributed by atoms with Crippen LogP contribution in [0.3, 0.4) is 0 Å². The fourth-order valence-corrected chi connectivity index (χ4v) is 1.56. The van der Waals surface area contributed by atoms with Gasteiger partial charge in [-0.3, -0.25) is 0 Å². The largest absolute Gasteiger partial charge is 0.467 e. The van der Waals surface area contributed by atoms with E-state index >= 15 is 0 Å². The fourth-order valence-electron chi connectivity index (χ4n) is 1.56. The molecule has 3 N–H and O–H groups in total. The number of hydrogen-bond acceptors (Lipinski definition) is 4. The van der Waals surface area contributed by atoms with Crippen LogP contribution in [0.25, 0.3) is 0 Å². The number of furan rings is 1. The highest BCUT2D eigenvalue weighted by atomic mass is 16.3. The molecule has 1 heterocycles. The molecular weight excluding hydrogens is 214 g/mol. The summed E-state index contributed by atoms with van der Waals surface area (Å²) in [6.45, 7) is 0.614. The van der Waals surface area contributed by atoms with E-state index in [1.807, 2.05) is 24.3 Å². The molecule has 0 bridgehead atoms. The number of nitrogen functional groups attached to an aromatic ring is 1. The first-order chi connectivity index (χ1) is 8.29. The maximum atomic E-state index is 8.67. The predicted octanol–water partition coefficient (Wildman–Crippen LogP) is 2.54. The highest BCUT2D eigenvalue weighted by molar-refractivity contribution is 5.58. The number of nitriles is 1. The second-order valence-corrected chi connectivity index (χ2v) is 3.68. The lowest BCUT2D eigenvalue weighted by molar-refractivity contribution is 0.518. The average Bonchev–Trinajstić information content (AvgIpc) is 2.83. The Bertz CT molecular complexity index is 526. The van der Waals surface area contributed by atoms with Crippen molar-refractivity contribution in [2.45, 2.75) is 13.0 Å². The van der Waals surface area contributed by atoms with Gasteiger partial charge in [0, 0.05) is 11.4 Å². The van der Waals surface area contributed by atoms with Crippen LogP contribution < -0.4 is 11.1 Å². The Morgan fingerprint density at radius 1 is 1.35 bits per heavy atom. The second kappa shape index (κ2) is 5.08. The minimum atomic E-state index is 0.322. The standard InChI is InChI=1S/C13H13N3O/c14-6-5-10-8-11(3-4-13(10)15)16-9-12-2-1-7-17-12/h1-4,7-8,16H,5,9,15H2. The van der Waals surface area contributed by atoms with Crippen molar-refractivity contribution in [3.8, 4) is 6.07 Å². The van der Waals surface area contributed by atoms with Gasteiger partial charge < -0.3 is 15.5 Å². The molecule has 4 heteroatoms. The van der Waals surface area contributed by atoms with Crippen molar-refractivity contribution >= 4 is 11.4 Å². The first kappa shape index (κ1) is 11.1. The van der Waals surface area contributed by atoms with Crippen LogP contribution in [-0.4, -0.2) is 0 Å². The molecule has 0 radical (unpaired) electrons. The third-order valence-electron chi connectivity index (χ3n) is 2.46. The first-order valence-electron chi connectivity index (χ1n) is 5.31. The maximum Gasteiger partial charge on any atom is 0.122 e. The molecule has 2 aromatic rings. The van der Waals surface area contributed by atoms with Gasteiger partial charge in [0.15, 0.2) is 0 Å². The second-order valence-electron chi connectivity index (χ2n) is 3.68. The molecule has 1 aromatic heterocycles. The Hall–Kier alpha value is -2.41. The Balaban J connectivity index is 2.06. The third kappa shape index (κ3) is 2.79. The summed E-state index contributed by atoms with van der Waals surface area (Å²) in [7, 11) is 0. The van der Waals surface area contributed by atoms with Gasteiger partial charge in [0.05, 0.1) is 25.3 Å². The number of nitrogens with one attached hydrogen (secondary N) is 1. The van der Waals surface area contributed by atoms with Gasteiger partial charge in [-0.05, 0) is 35.9 Å². The topological polar surface area (TPSA) is 75.0 Å². The smallest absolute Gasteiger partial charge is 0.122 e. The van der Waals surface area contributed by atoms with Crippen LogP contribution in [0.5, 0.6) is 0 Å². The molecule has 4 nitrogen and oxygen atoms in total. The molecule has 0 saturated heterocycles. The number of rotatable bonds is 4. The van der Waals surface area contributed by atoms with Crippen LogP contribution in [0.4, 0.5) is 11.4 Å². The van der Waals surface area contributed by atoms with Gasteiger partial charge in [0.25, 0.3) is 0 Å². The van der Waals surface area contributed by atoms with Gasteiger partial charge in [-0.25, -0.2) is 0 Å². The van der Waals surface area contributed by atoms with Gasteiger partial charge in [-0.2, -0.15) is 5.26 Å². The number of anilines is 2. The van der Waals surface area contributed by atoms with Crippen molar-refractivity contribution in [3.05, 3.63) is 47.9 Å². The number of nitrogens with two attached hydrogens (primary N) is 1. The molecule has 0 atom stereocenters. The van der Waals surface area contributed by atoms with Crippen LogP contribution >= 0.6 is 0 Å². The van der Waals surface area contributed by atoms with Gasteiger partial charge >= 0.3 is 0 Å². The van der Waals surface area contributed by atoms with Crippen molar-refractivity contribution in [1.82, 2.24) is 0 Å². The summed E-state index contributed by atoms with van der Waals surface area (Å²) in [5, 5.41) is 11.9. The Morgan fingerprint density at radius 3 is 2.94 bits per heavy atom. The van der Waals surface area contributed by atoms with Crippen LogP contribution in [0, 0.1) is 11.3 Å². The monoisotopic (exact) mass is 227 g/mol. The van der Waals surface area contributed by atoms with Crippen molar-refractivity contribution in [2.75, 3.05) is 11.1 Å². The van der Waals surface area contributed by atoms with Crippen molar-refractivity contribution < 1.29 is 4.42 Å². The molecule has 2 rings (SSSR count). The van der Waals surface area contributed by atoms with E-state index in [0.717, 1.165) is 17.0 Å². The zero-order valence-corrected chi connectivity index (χ0v) is 9.31. The SMILES string of the molecule is N#CCc1cc(NCc2ccco2)ccc1N. The van der Waals surface area contributed by atoms with E-state index in [4.69, 9.17) is 15.4 Å². The molecule has 0 aliphatic heterocycles. The van der Waals surface area contributed by atoms with Gasteiger partial charge in [-0.15, -0.1) is 0 Å². The quantitative estimate of drug-likeness (QED) is 0.787. The van der Waals surface area contributed by atoms with Crippen LogP contribution in [-0.2, 0) is 13.0 Å². The minimum absolute atomic E-state index is 0.322. The summed E-state index contributed by atoms with van der Waals surface area (Å²) in [4.78, 5) is 0. The summed E-state index contributed by atoms with van der Waals surface area (Å²) in [6, 6.07) is 11.4. The minimum Gasteiger partial charge on any atom is -0.467 e. The van der Waals surface area contributed by atoms with E-state index in [0.29, 0.717) is 18.7 Å². The lowest BCUT2D eigenvalue weighted by atomic mass is 10.1. The molecule has 0 amide bonds. The zero-order valence-electron chi connectivity index (χ0n) is 9.31. The summed E-state index contributed by atoms with van der Waals surface area (Å²) in [5.74, 6) is 0.864. The molecule has 0 spiro atoms. The number of nitrogens with zero attached hydrogens (tertiary/aromatic N) is 1. The van der Waals surface area contributed by atoms with E-state index in [2.05, 4.69) is 11.4 Å². The summed E-state index contributed by atoms with van der Waals surface area (Å²) in [6.07, 6.45) is 1.96. The highest BCUT2D eigenvalue weighted by Crippen LogP contribution is 2.18. The normalized spacial score (nSPS) is 9.82. The van der Waals surface area contributed by atoms with Crippen molar-refractivity contribution in [2.24, 2.45) is 0 Å². The molecule has 0 fully saturated rings. The van der Waals surface area contributed by atoms with Crippen molar-refractivity contribution in [1.29, 1.82) is 5.26 Å². The Morgan fingerprint density at radius 2 is 2.24 bits per heavy atom. The Kier molecular flexibility index (Phi) is 3.31. The van der Waals surface area contributed by atoms with Crippen LogP contribution in [0.2, 0.25) is 0 Å². The molecule has 1 aromatic carbocycles. The number of hydrogen-bond donors (Lipinski definition) is 2.